The van der Waals surface area contributed by atoms with Gasteiger partial charge in [-0.05, 0) is 31.5 Å². The standard InChI is InChI=1S/C19H17NO3/c1-3-23-19(22)17-16(13-6-4-12(2)5-7-13)10-14-11-20-9-8-15(14)18(17)21/h4-11,21H,3H2,1-2H3. The predicted octanol–water partition coefficient (Wildman–Crippen LogP) is 4.09. The number of nitrogens with zero attached hydrogens (tertiary/aromatic N) is 1. The number of ether oxygens (including phenoxy) is 1. The number of aromatic hydroxyl groups is 1. The lowest BCUT2D eigenvalue weighted by molar-refractivity contribution is 0.0524. The van der Waals surface area contributed by atoms with Crippen LogP contribution in [0.5, 0.6) is 5.75 Å². The number of fused-ring (bicyclic) bond motifs is 1. The minimum Gasteiger partial charge on any atom is -0.506 e. The summed E-state index contributed by atoms with van der Waals surface area (Å²) in [6, 6.07) is 11.3. The van der Waals surface area contributed by atoms with Crippen molar-refractivity contribution < 1.29 is 14.6 Å². The lowest BCUT2D eigenvalue weighted by Gasteiger charge is -2.14. The molecule has 0 spiro atoms. The van der Waals surface area contributed by atoms with Gasteiger partial charge in [0.1, 0.15) is 11.3 Å². The van der Waals surface area contributed by atoms with Crippen LogP contribution in [0.15, 0.2) is 48.8 Å². The third kappa shape index (κ3) is 2.75. The molecule has 2 aromatic carbocycles. The van der Waals surface area contributed by atoms with Crippen molar-refractivity contribution in [2.45, 2.75) is 13.8 Å². The van der Waals surface area contributed by atoms with Crippen LogP contribution in [-0.4, -0.2) is 22.7 Å². The van der Waals surface area contributed by atoms with Gasteiger partial charge in [0.25, 0.3) is 0 Å². The summed E-state index contributed by atoms with van der Waals surface area (Å²) in [5.41, 5.74) is 2.80. The summed E-state index contributed by atoms with van der Waals surface area (Å²) < 4.78 is 5.13. The topological polar surface area (TPSA) is 59.4 Å². The Labute approximate surface area is 134 Å². The second-order valence-electron chi connectivity index (χ2n) is 5.33. The summed E-state index contributed by atoms with van der Waals surface area (Å²) in [4.78, 5) is 16.5. The number of aromatic nitrogens is 1. The van der Waals surface area contributed by atoms with Gasteiger partial charge >= 0.3 is 5.97 Å². The van der Waals surface area contributed by atoms with Crippen LogP contribution in [0.2, 0.25) is 0 Å². The smallest absolute Gasteiger partial charge is 0.342 e. The molecule has 1 heterocycles. The molecule has 3 aromatic rings. The van der Waals surface area contributed by atoms with E-state index in [2.05, 4.69) is 4.98 Å². The molecule has 0 atom stereocenters. The fourth-order valence-electron chi connectivity index (χ4n) is 2.60. The molecule has 116 valence electrons. The van der Waals surface area contributed by atoms with E-state index in [9.17, 15) is 9.90 Å². The highest BCUT2D eigenvalue weighted by Gasteiger charge is 2.21. The average molecular weight is 307 g/mol. The quantitative estimate of drug-likeness (QED) is 0.740. The van der Waals surface area contributed by atoms with Crippen molar-refractivity contribution in [1.82, 2.24) is 4.98 Å². The van der Waals surface area contributed by atoms with Gasteiger partial charge in [0, 0.05) is 28.7 Å². The maximum Gasteiger partial charge on any atom is 0.342 e. The zero-order valence-corrected chi connectivity index (χ0v) is 13.0. The molecule has 23 heavy (non-hydrogen) atoms. The first kappa shape index (κ1) is 15.0. The minimum absolute atomic E-state index is 0.0704. The number of phenolic OH excluding ortho intramolecular Hbond substituents is 1. The number of hydrogen-bond donors (Lipinski definition) is 1. The lowest BCUT2D eigenvalue weighted by Crippen LogP contribution is -2.07. The summed E-state index contributed by atoms with van der Waals surface area (Å²) in [6.45, 7) is 3.99. The van der Waals surface area contributed by atoms with Gasteiger partial charge in [0.05, 0.1) is 6.61 Å². The van der Waals surface area contributed by atoms with Crippen molar-refractivity contribution in [3.05, 3.63) is 59.9 Å². The van der Waals surface area contributed by atoms with Gasteiger partial charge in [-0.3, -0.25) is 4.98 Å². The van der Waals surface area contributed by atoms with E-state index in [1.165, 1.54) is 0 Å². The van der Waals surface area contributed by atoms with Gasteiger partial charge in [0.2, 0.25) is 0 Å². The van der Waals surface area contributed by atoms with Gasteiger partial charge < -0.3 is 9.84 Å². The first-order valence-electron chi connectivity index (χ1n) is 7.45. The van der Waals surface area contributed by atoms with E-state index in [0.29, 0.717) is 10.9 Å². The molecule has 0 bridgehead atoms. The maximum absolute atomic E-state index is 12.4. The molecule has 1 N–H and O–H groups in total. The summed E-state index contributed by atoms with van der Waals surface area (Å²) in [6.07, 6.45) is 3.25. The fraction of sp³-hybridized carbons (Fsp3) is 0.158. The van der Waals surface area contributed by atoms with Crippen LogP contribution < -0.4 is 0 Å². The van der Waals surface area contributed by atoms with Crippen molar-refractivity contribution in [2.75, 3.05) is 6.61 Å². The Morgan fingerprint density at radius 2 is 1.96 bits per heavy atom. The number of rotatable bonds is 3. The van der Waals surface area contributed by atoms with Crippen LogP contribution in [0.1, 0.15) is 22.8 Å². The van der Waals surface area contributed by atoms with Crippen LogP contribution in [0.25, 0.3) is 21.9 Å². The Morgan fingerprint density at radius 1 is 1.22 bits per heavy atom. The number of aryl methyl sites for hydroxylation is 1. The van der Waals surface area contributed by atoms with Crippen LogP contribution in [-0.2, 0) is 4.74 Å². The largest absolute Gasteiger partial charge is 0.506 e. The van der Waals surface area contributed by atoms with Crippen LogP contribution in [0.3, 0.4) is 0 Å². The van der Waals surface area contributed by atoms with Crippen molar-refractivity contribution in [2.24, 2.45) is 0 Å². The van der Waals surface area contributed by atoms with E-state index in [4.69, 9.17) is 4.74 Å². The number of phenols is 1. The van der Waals surface area contributed by atoms with Crippen LogP contribution >= 0.6 is 0 Å². The molecule has 1 aromatic heterocycles. The van der Waals surface area contributed by atoms with Crippen molar-refractivity contribution in [1.29, 1.82) is 0 Å². The molecule has 0 saturated carbocycles. The number of hydrogen-bond acceptors (Lipinski definition) is 4. The minimum atomic E-state index is -0.528. The summed E-state index contributed by atoms with van der Waals surface area (Å²) in [5, 5.41) is 12.0. The number of benzene rings is 2. The summed E-state index contributed by atoms with van der Waals surface area (Å²) in [5.74, 6) is -0.599. The maximum atomic E-state index is 12.4. The highest BCUT2D eigenvalue weighted by molar-refractivity contribution is 6.07. The number of esters is 1. The van der Waals surface area contributed by atoms with Gasteiger partial charge in [-0.1, -0.05) is 29.8 Å². The molecule has 0 saturated heterocycles. The van der Waals surface area contributed by atoms with Crippen molar-refractivity contribution in [3.63, 3.8) is 0 Å². The highest BCUT2D eigenvalue weighted by Crippen LogP contribution is 2.37. The summed E-state index contributed by atoms with van der Waals surface area (Å²) >= 11 is 0. The Kier molecular flexibility index (Phi) is 3.98. The van der Waals surface area contributed by atoms with E-state index in [1.807, 2.05) is 37.3 Å². The van der Waals surface area contributed by atoms with E-state index in [1.54, 1.807) is 25.4 Å². The van der Waals surface area contributed by atoms with Gasteiger partial charge in [-0.25, -0.2) is 4.79 Å². The Morgan fingerprint density at radius 3 is 2.65 bits per heavy atom. The van der Waals surface area contributed by atoms with Gasteiger partial charge in [-0.2, -0.15) is 0 Å². The Balaban J connectivity index is 2.31. The normalized spacial score (nSPS) is 10.7. The van der Waals surface area contributed by atoms with E-state index in [-0.39, 0.29) is 17.9 Å². The van der Waals surface area contributed by atoms with Gasteiger partial charge in [0.15, 0.2) is 0 Å². The predicted molar refractivity (Wildman–Crippen MR) is 89.5 cm³/mol. The van der Waals surface area contributed by atoms with E-state index in [0.717, 1.165) is 16.5 Å². The molecule has 0 aliphatic rings. The first-order chi connectivity index (χ1) is 11.1. The molecular weight excluding hydrogens is 290 g/mol. The second kappa shape index (κ2) is 6.08. The SMILES string of the molecule is CCOC(=O)c1c(-c2ccc(C)cc2)cc2cnccc2c1O. The summed E-state index contributed by atoms with van der Waals surface area (Å²) in [7, 11) is 0. The molecule has 0 radical (unpaired) electrons. The third-order valence-corrected chi connectivity index (χ3v) is 3.76. The van der Waals surface area contributed by atoms with Crippen molar-refractivity contribution >= 4 is 16.7 Å². The van der Waals surface area contributed by atoms with E-state index >= 15 is 0 Å². The second-order valence-corrected chi connectivity index (χ2v) is 5.33. The van der Waals surface area contributed by atoms with Gasteiger partial charge in [-0.15, -0.1) is 0 Å². The molecule has 3 rings (SSSR count). The fourth-order valence-corrected chi connectivity index (χ4v) is 2.60. The average Bonchev–Trinajstić information content (AvgIpc) is 2.55. The zero-order valence-electron chi connectivity index (χ0n) is 13.0. The van der Waals surface area contributed by atoms with Crippen LogP contribution in [0.4, 0.5) is 0 Å². The first-order valence-corrected chi connectivity index (χ1v) is 7.45. The molecule has 0 aliphatic heterocycles. The molecule has 0 fully saturated rings. The molecule has 0 amide bonds. The third-order valence-electron chi connectivity index (χ3n) is 3.76. The monoisotopic (exact) mass is 307 g/mol. The number of pyridine rings is 1. The molecule has 0 aliphatic carbocycles. The molecular formula is C19H17NO3. The lowest BCUT2D eigenvalue weighted by atomic mass is 9.94. The Hall–Kier alpha value is -2.88. The molecule has 0 unspecified atom stereocenters. The molecule has 4 nitrogen and oxygen atoms in total. The number of carbonyl (C=O) groups excluding carboxylic acids is 1. The highest BCUT2D eigenvalue weighted by atomic mass is 16.5. The van der Waals surface area contributed by atoms with Crippen LogP contribution in [0, 0.1) is 6.92 Å². The molecule has 4 heteroatoms. The van der Waals surface area contributed by atoms with E-state index < -0.39 is 5.97 Å². The Bertz CT molecular complexity index is 870. The number of carbonyl (C=O) groups is 1. The zero-order chi connectivity index (χ0) is 16.4. The van der Waals surface area contributed by atoms with Crippen molar-refractivity contribution in [3.8, 4) is 16.9 Å².